The molecule has 0 amide bonds. The van der Waals surface area contributed by atoms with Crippen molar-refractivity contribution < 1.29 is 14.6 Å². The summed E-state index contributed by atoms with van der Waals surface area (Å²) in [5.41, 5.74) is 6.68. The van der Waals surface area contributed by atoms with Crippen LogP contribution in [0.1, 0.15) is 25.3 Å². The molecule has 4 heteroatoms. The van der Waals surface area contributed by atoms with Crippen molar-refractivity contribution >= 4 is 0 Å². The van der Waals surface area contributed by atoms with E-state index in [1.165, 1.54) is 0 Å². The molecule has 0 saturated heterocycles. The maximum absolute atomic E-state index is 10.2. The zero-order chi connectivity index (χ0) is 14.8. The predicted molar refractivity (Wildman–Crippen MR) is 80.8 cm³/mol. The van der Waals surface area contributed by atoms with Gasteiger partial charge in [-0.15, -0.1) is 0 Å². The quantitative estimate of drug-likeness (QED) is 0.641. The Labute approximate surface area is 121 Å². The van der Waals surface area contributed by atoms with Crippen LogP contribution in [0.4, 0.5) is 0 Å². The maximum Gasteiger partial charge on any atom is 0.0700 e. The van der Waals surface area contributed by atoms with Gasteiger partial charge in [-0.3, -0.25) is 0 Å². The molecule has 0 fully saturated rings. The molecule has 3 N–H and O–H groups in total. The van der Waals surface area contributed by atoms with Crippen molar-refractivity contribution in [2.45, 2.75) is 31.3 Å². The van der Waals surface area contributed by atoms with E-state index in [2.05, 4.69) is 0 Å². The first-order valence-corrected chi connectivity index (χ1v) is 7.17. The van der Waals surface area contributed by atoms with Crippen molar-refractivity contribution in [3.63, 3.8) is 0 Å². The van der Waals surface area contributed by atoms with E-state index in [0.717, 1.165) is 18.4 Å². The molecule has 4 nitrogen and oxygen atoms in total. The zero-order valence-corrected chi connectivity index (χ0v) is 12.5. The van der Waals surface area contributed by atoms with Crippen LogP contribution < -0.4 is 5.73 Å². The molecule has 2 atom stereocenters. The van der Waals surface area contributed by atoms with Gasteiger partial charge >= 0.3 is 0 Å². The van der Waals surface area contributed by atoms with Crippen molar-refractivity contribution in [1.29, 1.82) is 0 Å². The van der Waals surface area contributed by atoms with Gasteiger partial charge in [-0.1, -0.05) is 30.3 Å². The molecule has 20 heavy (non-hydrogen) atoms. The van der Waals surface area contributed by atoms with Gasteiger partial charge in [0.05, 0.1) is 19.3 Å². The van der Waals surface area contributed by atoms with Crippen molar-refractivity contribution in [3.05, 3.63) is 35.9 Å². The Hall–Kier alpha value is -0.940. The molecule has 1 aromatic carbocycles. The summed E-state index contributed by atoms with van der Waals surface area (Å²) < 4.78 is 10.4. The second-order valence-electron chi connectivity index (χ2n) is 5.11. The van der Waals surface area contributed by atoms with E-state index in [1.54, 1.807) is 7.11 Å². The van der Waals surface area contributed by atoms with E-state index >= 15 is 0 Å². The molecule has 0 aromatic heterocycles. The highest BCUT2D eigenvalue weighted by molar-refractivity contribution is 5.27. The minimum Gasteiger partial charge on any atom is -0.392 e. The lowest BCUT2D eigenvalue weighted by molar-refractivity contribution is 0.0547. The zero-order valence-electron chi connectivity index (χ0n) is 12.5. The van der Waals surface area contributed by atoms with E-state index < -0.39 is 11.5 Å². The van der Waals surface area contributed by atoms with Crippen LogP contribution >= 0.6 is 0 Å². The topological polar surface area (TPSA) is 64.7 Å². The van der Waals surface area contributed by atoms with Gasteiger partial charge in [0, 0.05) is 25.7 Å². The number of methoxy groups -OCH3 is 1. The fourth-order valence-corrected chi connectivity index (χ4v) is 2.49. The molecular formula is C16H27NO3. The van der Waals surface area contributed by atoms with Crippen molar-refractivity contribution in [2.24, 2.45) is 5.73 Å². The summed E-state index contributed by atoms with van der Waals surface area (Å²) in [4.78, 5) is 0. The Bertz CT molecular complexity index is 356. The molecule has 1 aromatic rings. The molecule has 0 saturated carbocycles. The van der Waals surface area contributed by atoms with Gasteiger partial charge in [-0.2, -0.15) is 0 Å². The van der Waals surface area contributed by atoms with Crippen molar-refractivity contribution in [3.8, 4) is 0 Å². The fourth-order valence-electron chi connectivity index (χ4n) is 2.49. The number of hydrogen-bond acceptors (Lipinski definition) is 4. The monoisotopic (exact) mass is 281 g/mol. The van der Waals surface area contributed by atoms with E-state index in [0.29, 0.717) is 26.4 Å². The van der Waals surface area contributed by atoms with Gasteiger partial charge in [0.2, 0.25) is 0 Å². The Morgan fingerprint density at radius 3 is 2.45 bits per heavy atom. The van der Waals surface area contributed by atoms with Gasteiger partial charge in [0.15, 0.2) is 0 Å². The number of benzene rings is 1. The van der Waals surface area contributed by atoms with Crippen LogP contribution in [-0.4, -0.2) is 44.7 Å². The number of ether oxygens (including phenoxy) is 2. The van der Waals surface area contributed by atoms with Gasteiger partial charge in [-0.25, -0.2) is 0 Å². The fraction of sp³-hybridized carbons (Fsp3) is 0.625. The summed E-state index contributed by atoms with van der Waals surface area (Å²) in [7, 11) is 1.66. The van der Waals surface area contributed by atoms with Crippen LogP contribution in [0, 0.1) is 0 Å². The maximum atomic E-state index is 10.2. The first-order valence-electron chi connectivity index (χ1n) is 7.17. The number of aliphatic hydroxyl groups excluding tert-OH is 1. The predicted octanol–water partition coefficient (Wildman–Crippen LogP) is 1.71. The van der Waals surface area contributed by atoms with Gasteiger partial charge < -0.3 is 20.3 Å². The summed E-state index contributed by atoms with van der Waals surface area (Å²) in [5.74, 6) is 0. The van der Waals surface area contributed by atoms with Gasteiger partial charge in [0.1, 0.15) is 0 Å². The van der Waals surface area contributed by atoms with Crippen LogP contribution in [0.2, 0.25) is 0 Å². The third-order valence-electron chi connectivity index (χ3n) is 3.86. The van der Waals surface area contributed by atoms with Crippen LogP contribution in [0.25, 0.3) is 0 Å². The van der Waals surface area contributed by atoms with Gasteiger partial charge in [-0.05, 0) is 25.3 Å². The van der Waals surface area contributed by atoms with Crippen molar-refractivity contribution in [2.75, 3.05) is 33.5 Å². The van der Waals surface area contributed by atoms with Crippen LogP contribution in [0.5, 0.6) is 0 Å². The average Bonchev–Trinajstić information content (AvgIpc) is 2.47. The Morgan fingerprint density at radius 2 is 1.90 bits per heavy atom. The lowest BCUT2D eigenvalue weighted by Crippen LogP contribution is -2.44. The highest BCUT2D eigenvalue weighted by Crippen LogP contribution is 2.32. The Morgan fingerprint density at radius 1 is 1.20 bits per heavy atom. The summed E-state index contributed by atoms with van der Waals surface area (Å²) >= 11 is 0. The highest BCUT2D eigenvalue weighted by atomic mass is 16.5. The molecule has 0 heterocycles. The molecule has 0 radical (unpaired) electrons. The molecule has 1 rings (SSSR count). The Kier molecular flexibility index (Phi) is 7.77. The van der Waals surface area contributed by atoms with Gasteiger partial charge in [0.25, 0.3) is 0 Å². The lowest BCUT2D eigenvalue weighted by Gasteiger charge is -2.36. The molecule has 2 unspecified atom stereocenters. The molecule has 0 aliphatic heterocycles. The van der Waals surface area contributed by atoms with Crippen LogP contribution in [0.15, 0.2) is 30.3 Å². The van der Waals surface area contributed by atoms with Crippen molar-refractivity contribution in [1.82, 2.24) is 0 Å². The first-order chi connectivity index (χ1) is 9.67. The lowest BCUT2D eigenvalue weighted by atomic mass is 9.73. The average molecular weight is 281 g/mol. The molecule has 0 spiro atoms. The standard InChI is InChI=1S/C16H27NO3/c1-14(18)16(13-17,15-7-4-3-5-8-15)9-6-10-20-12-11-19-2/h3-5,7-8,14,18H,6,9-13,17H2,1-2H3. The highest BCUT2D eigenvalue weighted by Gasteiger charge is 2.35. The van der Waals surface area contributed by atoms with E-state index in [1.807, 2.05) is 37.3 Å². The third kappa shape index (κ3) is 4.56. The summed E-state index contributed by atoms with van der Waals surface area (Å²) in [6.07, 6.45) is 1.17. The number of rotatable bonds is 10. The third-order valence-corrected chi connectivity index (χ3v) is 3.86. The minimum atomic E-state index is -0.492. The van der Waals surface area contributed by atoms with E-state index in [4.69, 9.17) is 15.2 Å². The van der Waals surface area contributed by atoms with Crippen LogP contribution in [-0.2, 0) is 14.9 Å². The molecule has 0 aliphatic rings. The molecule has 0 bridgehead atoms. The van der Waals surface area contributed by atoms with Crippen LogP contribution in [0.3, 0.4) is 0 Å². The second-order valence-corrected chi connectivity index (χ2v) is 5.11. The SMILES string of the molecule is COCCOCCCC(CN)(c1ccccc1)C(C)O. The summed E-state index contributed by atoms with van der Waals surface area (Å²) in [6.45, 7) is 4.10. The smallest absolute Gasteiger partial charge is 0.0700 e. The molecule has 114 valence electrons. The number of aliphatic hydroxyl groups is 1. The first kappa shape index (κ1) is 17.1. The minimum absolute atomic E-state index is 0.397. The molecular weight excluding hydrogens is 254 g/mol. The second kappa shape index (κ2) is 9.08. The largest absolute Gasteiger partial charge is 0.392 e. The number of hydrogen-bond donors (Lipinski definition) is 2. The Balaban J connectivity index is 2.61. The van der Waals surface area contributed by atoms with E-state index in [9.17, 15) is 5.11 Å². The normalized spacial score (nSPS) is 15.8. The molecule has 0 aliphatic carbocycles. The summed E-state index contributed by atoms with van der Waals surface area (Å²) in [5, 5.41) is 10.2. The van der Waals surface area contributed by atoms with E-state index in [-0.39, 0.29) is 0 Å². The number of nitrogens with two attached hydrogens (primary N) is 1. The summed E-state index contributed by atoms with van der Waals surface area (Å²) in [6, 6.07) is 10.0.